The van der Waals surface area contributed by atoms with E-state index >= 15 is 0 Å². The molecule has 0 aliphatic carbocycles. The fraction of sp³-hybridized carbons (Fsp3) is 0.280. The van der Waals surface area contributed by atoms with Crippen molar-refractivity contribution in [1.82, 2.24) is 4.31 Å². The Kier molecular flexibility index (Phi) is 7.20. The molecule has 1 aliphatic heterocycles. The minimum Gasteiger partial charge on any atom is -0.375 e. The highest BCUT2D eigenvalue weighted by molar-refractivity contribution is 7.89. The molecule has 0 aromatic heterocycles. The molecule has 0 N–H and O–H groups in total. The van der Waals surface area contributed by atoms with E-state index in [0.717, 1.165) is 16.7 Å². The van der Waals surface area contributed by atoms with E-state index in [0.29, 0.717) is 6.61 Å². The van der Waals surface area contributed by atoms with Crippen molar-refractivity contribution >= 4 is 20.1 Å². The fourth-order valence-corrected chi connectivity index (χ4v) is 6.38. The summed E-state index contributed by atoms with van der Waals surface area (Å²) in [5.74, 6) is 0. The number of nitrogens with zero attached hydrogens (tertiary/aromatic N) is 1. The van der Waals surface area contributed by atoms with Crippen molar-refractivity contribution in [3.05, 3.63) is 95.6 Å². The Morgan fingerprint density at radius 1 is 0.706 bits per heavy atom. The molecule has 3 atom stereocenters. The highest BCUT2D eigenvalue weighted by Gasteiger charge is 2.56. The second kappa shape index (κ2) is 9.97. The third-order valence-corrected chi connectivity index (χ3v) is 8.97. The van der Waals surface area contributed by atoms with Crippen molar-refractivity contribution in [1.29, 1.82) is 0 Å². The third kappa shape index (κ3) is 5.56. The molecule has 0 spiro atoms. The van der Waals surface area contributed by atoms with E-state index in [2.05, 4.69) is 0 Å². The first kappa shape index (κ1) is 24.6. The Labute approximate surface area is 201 Å². The predicted octanol–water partition coefficient (Wildman–Crippen LogP) is 3.67. The SMILES string of the molecule is Cc1ccc(S(=O)(=O)OC[C@H]2[C@@H](COCc3ccccc3)N2S(=O)(=O)c2ccc(C)cc2)cc1. The largest absolute Gasteiger partial charge is 0.375 e. The summed E-state index contributed by atoms with van der Waals surface area (Å²) < 4.78 is 64.1. The van der Waals surface area contributed by atoms with E-state index in [4.69, 9.17) is 8.92 Å². The van der Waals surface area contributed by atoms with Gasteiger partial charge in [0, 0.05) is 0 Å². The van der Waals surface area contributed by atoms with Crippen molar-refractivity contribution in [3.63, 3.8) is 0 Å². The normalized spacial score (nSPS) is 20.2. The van der Waals surface area contributed by atoms with E-state index in [-0.39, 0.29) is 23.0 Å². The summed E-state index contributed by atoms with van der Waals surface area (Å²) in [6.07, 6.45) is 0. The van der Waals surface area contributed by atoms with Crippen molar-refractivity contribution in [2.75, 3.05) is 13.2 Å². The summed E-state index contributed by atoms with van der Waals surface area (Å²) in [4.78, 5) is 0.179. The number of hydrogen-bond acceptors (Lipinski definition) is 6. The second-order valence-corrected chi connectivity index (χ2v) is 11.8. The Morgan fingerprint density at radius 2 is 1.24 bits per heavy atom. The van der Waals surface area contributed by atoms with Crippen LogP contribution >= 0.6 is 0 Å². The molecule has 0 bridgehead atoms. The third-order valence-electron chi connectivity index (χ3n) is 5.71. The van der Waals surface area contributed by atoms with Crippen molar-refractivity contribution in [2.24, 2.45) is 0 Å². The zero-order chi connectivity index (χ0) is 24.3. The number of aryl methyl sites for hydroxylation is 2. The lowest BCUT2D eigenvalue weighted by molar-refractivity contribution is 0.117. The van der Waals surface area contributed by atoms with Crippen LogP contribution in [0.25, 0.3) is 0 Å². The molecule has 9 heteroatoms. The van der Waals surface area contributed by atoms with Crippen LogP contribution in [0.1, 0.15) is 16.7 Å². The Balaban J connectivity index is 1.48. The molecule has 1 fully saturated rings. The molecule has 0 saturated carbocycles. The zero-order valence-electron chi connectivity index (χ0n) is 19.0. The molecule has 0 radical (unpaired) electrons. The van der Waals surface area contributed by atoms with Gasteiger partial charge in [0.1, 0.15) is 0 Å². The molecule has 4 rings (SSSR count). The molecule has 3 aromatic carbocycles. The second-order valence-electron chi connectivity index (χ2n) is 8.34. The van der Waals surface area contributed by atoms with Gasteiger partial charge in [0.05, 0.1) is 41.7 Å². The standard InChI is InChI=1S/C25H27NO6S2/c1-19-8-12-22(13-9-19)33(27,28)26-24(17-31-16-21-6-4-3-5-7-21)25(26)18-32-34(29,30)23-14-10-20(2)11-15-23/h3-15,24-25H,16-18H2,1-2H3/t24-,25+,26?/m1/s1. The lowest BCUT2D eigenvalue weighted by Crippen LogP contribution is -2.19. The quantitative estimate of drug-likeness (QED) is 0.311. The number of rotatable bonds is 10. The Bertz CT molecular complexity index is 1320. The summed E-state index contributed by atoms with van der Waals surface area (Å²) in [5.41, 5.74) is 2.83. The first-order chi connectivity index (χ1) is 16.2. The average Bonchev–Trinajstić information content (AvgIpc) is 3.53. The Morgan fingerprint density at radius 3 is 1.82 bits per heavy atom. The van der Waals surface area contributed by atoms with Crippen LogP contribution in [0.15, 0.2) is 88.7 Å². The number of ether oxygens (including phenoxy) is 1. The van der Waals surface area contributed by atoms with Crippen molar-refractivity contribution in [2.45, 2.75) is 42.3 Å². The van der Waals surface area contributed by atoms with Gasteiger partial charge in [-0.1, -0.05) is 65.7 Å². The molecular weight excluding hydrogens is 474 g/mol. The number of hydrogen-bond donors (Lipinski definition) is 0. The fourth-order valence-electron chi connectivity index (χ4n) is 3.67. The van der Waals surface area contributed by atoms with Crippen LogP contribution in [0.5, 0.6) is 0 Å². The summed E-state index contributed by atoms with van der Waals surface area (Å²) in [7, 11) is -7.86. The molecule has 3 aromatic rings. The van der Waals surface area contributed by atoms with Gasteiger partial charge in [0.15, 0.2) is 0 Å². The molecule has 7 nitrogen and oxygen atoms in total. The van der Waals surface area contributed by atoms with Gasteiger partial charge in [0.25, 0.3) is 10.1 Å². The van der Waals surface area contributed by atoms with Gasteiger partial charge < -0.3 is 4.74 Å². The van der Waals surface area contributed by atoms with Crippen molar-refractivity contribution in [3.8, 4) is 0 Å². The van der Waals surface area contributed by atoms with Gasteiger partial charge in [-0.25, -0.2) is 8.42 Å². The van der Waals surface area contributed by atoms with E-state index < -0.39 is 32.2 Å². The molecular formula is C25H27NO6S2. The number of sulfonamides is 1. The highest BCUT2D eigenvalue weighted by Crippen LogP contribution is 2.37. The smallest absolute Gasteiger partial charge is 0.297 e. The lowest BCUT2D eigenvalue weighted by Gasteiger charge is -2.08. The molecule has 1 unspecified atom stereocenters. The van der Waals surface area contributed by atoms with Crippen LogP contribution in [-0.4, -0.2) is 46.4 Å². The topological polar surface area (TPSA) is 89.8 Å². The first-order valence-electron chi connectivity index (χ1n) is 10.9. The zero-order valence-corrected chi connectivity index (χ0v) is 20.6. The molecule has 180 valence electrons. The predicted molar refractivity (Wildman–Crippen MR) is 128 cm³/mol. The highest BCUT2D eigenvalue weighted by atomic mass is 32.2. The molecule has 1 aliphatic rings. The molecule has 1 heterocycles. The van der Waals surface area contributed by atoms with Gasteiger partial charge in [-0.05, 0) is 43.7 Å². The minimum atomic E-state index is -4.02. The average molecular weight is 502 g/mol. The van der Waals surface area contributed by atoms with E-state index in [1.165, 1.54) is 16.4 Å². The van der Waals surface area contributed by atoms with Gasteiger partial charge in [0.2, 0.25) is 10.0 Å². The summed E-state index contributed by atoms with van der Waals surface area (Å²) in [6, 6.07) is 21.2. The monoisotopic (exact) mass is 501 g/mol. The van der Waals surface area contributed by atoms with Crippen molar-refractivity contribution < 1.29 is 25.8 Å². The molecule has 34 heavy (non-hydrogen) atoms. The van der Waals surface area contributed by atoms with Crippen LogP contribution in [0.3, 0.4) is 0 Å². The van der Waals surface area contributed by atoms with E-state index in [1.807, 2.05) is 44.2 Å². The van der Waals surface area contributed by atoms with Gasteiger partial charge in [-0.2, -0.15) is 12.7 Å². The van der Waals surface area contributed by atoms with Gasteiger partial charge >= 0.3 is 0 Å². The van der Waals surface area contributed by atoms with Crippen LogP contribution < -0.4 is 0 Å². The van der Waals surface area contributed by atoms with E-state index in [1.54, 1.807) is 36.4 Å². The molecule has 1 saturated heterocycles. The number of benzene rings is 3. The Hall–Kier alpha value is -2.56. The maximum Gasteiger partial charge on any atom is 0.297 e. The molecule has 0 amide bonds. The van der Waals surface area contributed by atoms with Crippen LogP contribution in [0.4, 0.5) is 0 Å². The van der Waals surface area contributed by atoms with Gasteiger partial charge in [-0.3, -0.25) is 4.18 Å². The maximum absolute atomic E-state index is 13.3. The van der Waals surface area contributed by atoms with Crippen LogP contribution in [-0.2, 0) is 35.7 Å². The first-order valence-corrected chi connectivity index (χ1v) is 13.7. The van der Waals surface area contributed by atoms with Crippen LogP contribution in [0, 0.1) is 13.8 Å². The minimum absolute atomic E-state index is 0.0311. The maximum atomic E-state index is 13.3. The van der Waals surface area contributed by atoms with Crippen LogP contribution in [0.2, 0.25) is 0 Å². The van der Waals surface area contributed by atoms with Gasteiger partial charge in [-0.15, -0.1) is 0 Å². The summed E-state index contributed by atoms with van der Waals surface area (Å²) in [5, 5.41) is 0. The summed E-state index contributed by atoms with van der Waals surface area (Å²) in [6.45, 7) is 3.89. The summed E-state index contributed by atoms with van der Waals surface area (Å²) >= 11 is 0. The lowest BCUT2D eigenvalue weighted by atomic mass is 10.2. The van der Waals surface area contributed by atoms with E-state index in [9.17, 15) is 16.8 Å².